The van der Waals surface area contributed by atoms with Crippen molar-refractivity contribution in [3.05, 3.63) is 72.3 Å². The first kappa shape index (κ1) is 17.7. The standard InChI is InChI=1S/C21H23N3O3/c1-3-17-12-25-21(27-17,13-24-15-22-14-23-24)20-10-9-19(11-16(20)2)26-18-7-5-4-6-8-18/h4-11,14-15,17H,3,12-13H2,1-2H3. The lowest BCUT2D eigenvalue weighted by molar-refractivity contribution is -0.189. The predicted octanol–water partition coefficient (Wildman–Crippen LogP) is 4.06. The van der Waals surface area contributed by atoms with Crippen LogP contribution < -0.4 is 4.74 Å². The number of benzene rings is 2. The highest BCUT2D eigenvalue weighted by Gasteiger charge is 2.44. The van der Waals surface area contributed by atoms with Crippen LogP contribution in [0.4, 0.5) is 0 Å². The lowest BCUT2D eigenvalue weighted by atomic mass is 9.99. The molecule has 0 spiro atoms. The maximum Gasteiger partial charge on any atom is 0.215 e. The summed E-state index contributed by atoms with van der Waals surface area (Å²) in [7, 11) is 0. The highest BCUT2D eigenvalue weighted by molar-refractivity contribution is 5.40. The number of rotatable bonds is 6. The van der Waals surface area contributed by atoms with Crippen LogP contribution in [-0.4, -0.2) is 27.5 Å². The Bertz CT molecular complexity index is 883. The fraction of sp³-hybridized carbons (Fsp3) is 0.333. The number of aromatic nitrogens is 3. The van der Waals surface area contributed by atoms with E-state index in [4.69, 9.17) is 14.2 Å². The van der Waals surface area contributed by atoms with Crippen molar-refractivity contribution in [1.82, 2.24) is 14.8 Å². The molecular weight excluding hydrogens is 342 g/mol. The SMILES string of the molecule is CCC1COC(Cn2cncn2)(c2ccc(Oc3ccccc3)cc2C)O1. The molecule has 0 aliphatic carbocycles. The van der Waals surface area contributed by atoms with Crippen molar-refractivity contribution in [1.29, 1.82) is 0 Å². The normalized spacial score (nSPS) is 22.1. The van der Waals surface area contributed by atoms with Crippen LogP contribution in [-0.2, 0) is 21.8 Å². The average molecular weight is 365 g/mol. The van der Waals surface area contributed by atoms with Gasteiger partial charge < -0.3 is 14.2 Å². The Labute approximate surface area is 158 Å². The summed E-state index contributed by atoms with van der Waals surface area (Å²) in [5, 5.41) is 4.23. The second-order valence-corrected chi connectivity index (χ2v) is 6.70. The van der Waals surface area contributed by atoms with Gasteiger partial charge in [0.2, 0.25) is 5.79 Å². The number of hydrogen-bond acceptors (Lipinski definition) is 5. The van der Waals surface area contributed by atoms with E-state index in [2.05, 4.69) is 17.0 Å². The molecule has 0 N–H and O–H groups in total. The molecule has 1 aliphatic heterocycles. The largest absolute Gasteiger partial charge is 0.457 e. The number of para-hydroxylation sites is 1. The van der Waals surface area contributed by atoms with Gasteiger partial charge in [-0.05, 0) is 49.2 Å². The van der Waals surface area contributed by atoms with Crippen molar-refractivity contribution in [2.45, 2.75) is 38.7 Å². The summed E-state index contributed by atoms with van der Waals surface area (Å²) in [6.45, 7) is 5.15. The second-order valence-electron chi connectivity index (χ2n) is 6.70. The maximum absolute atomic E-state index is 6.34. The molecule has 27 heavy (non-hydrogen) atoms. The Morgan fingerprint density at radius 3 is 2.70 bits per heavy atom. The van der Waals surface area contributed by atoms with Crippen LogP contribution in [0.1, 0.15) is 24.5 Å². The summed E-state index contributed by atoms with van der Waals surface area (Å²) >= 11 is 0. The van der Waals surface area contributed by atoms with Crippen molar-refractivity contribution < 1.29 is 14.2 Å². The van der Waals surface area contributed by atoms with Gasteiger partial charge in [-0.15, -0.1) is 0 Å². The van der Waals surface area contributed by atoms with Gasteiger partial charge in [-0.1, -0.05) is 25.1 Å². The third-order valence-corrected chi connectivity index (χ3v) is 4.74. The zero-order valence-electron chi connectivity index (χ0n) is 15.5. The predicted molar refractivity (Wildman–Crippen MR) is 101 cm³/mol. The van der Waals surface area contributed by atoms with Crippen LogP contribution in [0.5, 0.6) is 11.5 Å². The Balaban J connectivity index is 1.64. The van der Waals surface area contributed by atoms with Gasteiger partial charge in [0.15, 0.2) is 0 Å². The molecule has 2 heterocycles. The summed E-state index contributed by atoms with van der Waals surface area (Å²) in [5.41, 5.74) is 2.02. The van der Waals surface area contributed by atoms with Crippen LogP contribution in [0.15, 0.2) is 61.2 Å². The lowest BCUT2D eigenvalue weighted by Gasteiger charge is -2.30. The molecule has 140 valence electrons. The first-order valence-corrected chi connectivity index (χ1v) is 9.17. The second kappa shape index (κ2) is 7.50. The third kappa shape index (κ3) is 3.72. The van der Waals surface area contributed by atoms with Gasteiger partial charge in [0.05, 0.1) is 12.7 Å². The highest BCUT2D eigenvalue weighted by atomic mass is 16.7. The summed E-state index contributed by atoms with van der Waals surface area (Å²) in [6.07, 6.45) is 4.15. The number of nitrogens with zero attached hydrogens (tertiary/aromatic N) is 3. The zero-order chi connectivity index (χ0) is 18.7. The minimum Gasteiger partial charge on any atom is -0.457 e. The van der Waals surface area contributed by atoms with E-state index in [1.807, 2.05) is 55.5 Å². The Kier molecular flexibility index (Phi) is 4.92. The summed E-state index contributed by atoms with van der Waals surface area (Å²) in [4.78, 5) is 4.03. The van der Waals surface area contributed by atoms with E-state index in [9.17, 15) is 0 Å². The quantitative estimate of drug-likeness (QED) is 0.659. The molecule has 0 bridgehead atoms. The first-order valence-electron chi connectivity index (χ1n) is 9.17. The molecule has 1 fully saturated rings. The molecule has 0 radical (unpaired) electrons. The summed E-state index contributed by atoms with van der Waals surface area (Å²) in [6, 6.07) is 15.7. The molecule has 1 aliphatic rings. The minimum absolute atomic E-state index is 0.0631. The van der Waals surface area contributed by atoms with E-state index in [1.165, 1.54) is 6.33 Å². The van der Waals surface area contributed by atoms with E-state index in [1.54, 1.807) is 11.0 Å². The summed E-state index contributed by atoms with van der Waals surface area (Å²) in [5.74, 6) is 0.716. The maximum atomic E-state index is 6.34. The van der Waals surface area contributed by atoms with Gasteiger partial charge in [-0.25, -0.2) is 9.67 Å². The topological polar surface area (TPSA) is 58.4 Å². The Morgan fingerprint density at radius 2 is 2.04 bits per heavy atom. The Morgan fingerprint density at radius 1 is 1.19 bits per heavy atom. The molecule has 6 nitrogen and oxygen atoms in total. The van der Waals surface area contributed by atoms with E-state index in [-0.39, 0.29) is 6.10 Å². The van der Waals surface area contributed by atoms with Crippen LogP contribution in [0.3, 0.4) is 0 Å². The molecule has 2 atom stereocenters. The van der Waals surface area contributed by atoms with Crippen LogP contribution in [0, 0.1) is 6.92 Å². The van der Waals surface area contributed by atoms with E-state index in [0.717, 1.165) is 29.0 Å². The molecule has 0 amide bonds. The molecule has 2 unspecified atom stereocenters. The fourth-order valence-corrected chi connectivity index (χ4v) is 3.35. The van der Waals surface area contributed by atoms with Crippen molar-refractivity contribution in [3.8, 4) is 11.5 Å². The van der Waals surface area contributed by atoms with E-state index in [0.29, 0.717) is 13.2 Å². The van der Waals surface area contributed by atoms with Crippen molar-refractivity contribution in [3.63, 3.8) is 0 Å². The first-order chi connectivity index (χ1) is 13.2. The lowest BCUT2D eigenvalue weighted by Crippen LogP contribution is -2.34. The average Bonchev–Trinajstić information content (AvgIpc) is 3.33. The smallest absolute Gasteiger partial charge is 0.215 e. The zero-order valence-corrected chi connectivity index (χ0v) is 15.5. The number of ether oxygens (including phenoxy) is 3. The van der Waals surface area contributed by atoms with Gasteiger partial charge in [0.25, 0.3) is 0 Å². The Hall–Kier alpha value is -2.70. The number of hydrogen-bond donors (Lipinski definition) is 0. The van der Waals surface area contributed by atoms with Crippen LogP contribution >= 0.6 is 0 Å². The summed E-state index contributed by atoms with van der Waals surface area (Å²) < 4.78 is 20.2. The molecule has 1 saturated heterocycles. The van der Waals surface area contributed by atoms with Gasteiger partial charge in [-0.3, -0.25) is 0 Å². The van der Waals surface area contributed by atoms with Crippen molar-refractivity contribution in [2.24, 2.45) is 0 Å². The fourth-order valence-electron chi connectivity index (χ4n) is 3.35. The number of aryl methyl sites for hydroxylation is 1. The molecule has 6 heteroatoms. The minimum atomic E-state index is -0.871. The van der Waals surface area contributed by atoms with Crippen LogP contribution in [0.25, 0.3) is 0 Å². The van der Waals surface area contributed by atoms with Crippen molar-refractivity contribution >= 4 is 0 Å². The van der Waals surface area contributed by atoms with Gasteiger partial charge in [0.1, 0.15) is 30.7 Å². The van der Waals surface area contributed by atoms with Gasteiger partial charge in [0, 0.05) is 5.56 Å². The molecule has 0 saturated carbocycles. The van der Waals surface area contributed by atoms with E-state index >= 15 is 0 Å². The van der Waals surface area contributed by atoms with Crippen molar-refractivity contribution in [2.75, 3.05) is 6.61 Å². The van der Waals surface area contributed by atoms with Gasteiger partial charge >= 0.3 is 0 Å². The molecule has 3 aromatic rings. The molecular formula is C21H23N3O3. The molecule has 1 aromatic heterocycles. The third-order valence-electron chi connectivity index (χ3n) is 4.74. The monoisotopic (exact) mass is 365 g/mol. The van der Waals surface area contributed by atoms with E-state index < -0.39 is 5.79 Å². The van der Waals surface area contributed by atoms with Gasteiger partial charge in [-0.2, -0.15) is 5.10 Å². The van der Waals surface area contributed by atoms with Crippen LogP contribution in [0.2, 0.25) is 0 Å². The molecule has 4 rings (SSSR count). The molecule has 2 aromatic carbocycles. The highest BCUT2D eigenvalue weighted by Crippen LogP contribution is 2.39.